The second-order valence-corrected chi connectivity index (χ2v) is 3.83. The van der Waals surface area contributed by atoms with Crippen LogP contribution < -0.4 is 0 Å². The third-order valence-electron chi connectivity index (χ3n) is 2.58. The summed E-state index contributed by atoms with van der Waals surface area (Å²) in [6.07, 6.45) is 6.24. The van der Waals surface area contributed by atoms with E-state index in [0.717, 1.165) is 0 Å². The maximum atomic E-state index is 2.00. The van der Waals surface area contributed by atoms with Crippen molar-refractivity contribution in [1.29, 1.82) is 0 Å². The topological polar surface area (TPSA) is 0 Å². The first kappa shape index (κ1) is 7.85. The molecule has 0 heterocycles. The van der Waals surface area contributed by atoms with Crippen LogP contribution in [0.5, 0.6) is 0 Å². The predicted molar refractivity (Wildman–Crippen MR) is 51.9 cm³/mol. The number of rotatable bonds is 1. The van der Waals surface area contributed by atoms with Gasteiger partial charge in [-0.2, -0.15) is 0 Å². The van der Waals surface area contributed by atoms with Crippen LogP contribution >= 0.6 is 0 Å². The quantitative estimate of drug-likeness (QED) is 0.590. The molecule has 2 fully saturated rings. The Morgan fingerprint density at radius 3 is 0.917 bits per heavy atom. The van der Waals surface area contributed by atoms with Gasteiger partial charge in [-0.05, 0) is 37.5 Å². The lowest BCUT2D eigenvalue weighted by Crippen LogP contribution is -1.70. The summed E-state index contributed by atoms with van der Waals surface area (Å²) in [6, 6.07) is 12.0. The van der Waals surface area contributed by atoms with E-state index in [0.29, 0.717) is 0 Å². The van der Waals surface area contributed by atoms with Crippen LogP contribution in [0.25, 0.3) is 0 Å². The molecule has 0 unspecified atom stereocenters. The summed E-state index contributed by atoms with van der Waals surface area (Å²) in [5.74, 6) is 2.43. The minimum absolute atomic E-state index is 1.21. The van der Waals surface area contributed by atoms with Crippen molar-refractivity contribution in [2.45, 2.75) is 25.7 Å². The summed E-state index contributed by atoms with van der Waals surface area (Å²) < 4.78 is 0. The minimum Gasteiger partial charge on any atom is -0.0623 e. The summed E-state index contributed by atoms with van der Waals surface area (Å²) in [5, 5.41) is 0. The van der Waals surface area contributed by atoms with Gasteiger partial charge in [0.2, 0.25) is 0 Å². The van der Waals surface area contributed by atoms with Crippen LogP contribution in [0, 0.1) is 11.8 Å². The van der Waals surface area contributed by atoms with Gasteiger partial charge in [0.05, 0.1) is 0 Å². The fraction of sp³-hybridized carbons (Fsp3) is 0.500. The third kappa shape index (κ3) is 2.69. The van der Waals surface area contributed by atoms with Gasteiger partial charge in [0.25, 0.3) is 0 Å². The molecule has 0 aliphatic heterocycles. The van der Waals surface area contributed by atoms with Crippen molar-refractivity contribution in [2.24, 2.45) is 11.8 Å². The fourth-order valence-corrected chi connectivity index (χ4v) is 1.52. The predicted octanol–water partition coefficient (Wildman–Crippen LogP) is 3.49. The zero-order chi connectivity index (χ0) is 8.23. The van der Waals surface area contributed by atoms with E-state index in [9.17, 15) is 0 Å². The molecule has 0 amide bonds. The van der Waals surface area contributed by atoms with Crippen molar-refractivity contribution < 1.29 is 0 Å². The highest BCUT2D eigenvalue weighted by atomic mass is 14.4. The van der Waals surface area contributed by atoms with Crippen LogP contribution in [0.15, 0.2) is 36.4 Å². The molecule has 0 atom stereocenters. The van der Waals surface area contributed by atoms with E-state index in [1.165, 1.54) is 11.8 Å². The first-order chi connectivity index (χ1) is 5.97. The summed E-state index contributed by atoms with van der Waals surface area (Å²) in [4.78, 5) is 0. The monoisotopic (exact) mass is 160 g/mol. The van der Waals surface area contributed by atoms with Crippen molar-refractivity contribution >= 4 is 0 Å². The Balaban J connectivity index is 0.0000000939. The molecule has 12 heavy (non-hydrogen) atoms. The highest BCUT2D eigenvalue weighted by Gasteiger charge is 2.37. The molecule has 0 heteroatoms. The Kier molecular flexibility index (Phi) is 2.45. The standard InChI is InChI=1S/C6H10.C6H6/c1-2-5(1)6-3-4-6;1-2-4-6-5-3-1/h5-6H,1-4H2;1-6H. The second-order valence-electron chi connectivity index (χ2n) is 3.83. The van der Waals surface area contributed by atoms with Crippen LogP contribution in [-0.2, 0) is 0 Å². The normalized spacial score (nSPS) is 21.0. The van der Waals surface area contributed by atoms with E-state index in [2.05, 4.69) is 0 Å². The summed E-state index contributed by atoms with van der Waals surface area (Å²) >= 11 is 0. The first-order valence-corrected chi connectivity index (χ1v) is 4.97. The third-order valence-corrected chi connectivity index (χ3v) is 2.58. The smallest absolute Gasteiger partial charge is 0.0386 e. The average molecular weight is 160 g/mol. The molecule has 2 aliphatic carbocycles. The van der Waals surface area contributed by atoms with E-state index in [4.69, 9.17) is 0 Å². The largest absolute Gasteiger partial charge is 0.0623 e. The molecule has 2 saturated carbocycles. The van der Waals surface area contributed by atoms with Crippen LogP contribution in [0.1, 0.15) is 25.7 Å². The SMILES string of the molecule is C1CC1C1CC1.c1ccccc1. The van der Waals surface area contributed by atoms with Gasteiger partial charge >= 0.3 is 0 Å². The van der Waals surface area contributed by atoms with E-state index >= 15 is 0 Å². The van der Waals surface area contributed by atoms with Gasteiger partial charge in [-0.15, -0.1) is 0 Å². The van der Waals surface area contributed by atoms with Crippen molar-refractivity contribution in [3.63, 3.8) is 0 Å². The van der Waals surface area contributed by atoms with Gasteiger partial charge in [-0.3, -0.25) is 0 Å². The maximum absolute atomic E-state index is 2.00. The first-order valence-electron chi connectivity index (χ1n) is 4.97. The average Bonchev–Trinajstić information content (AvgIpc) is 3.00. The molecule has 0 N–H and O–H groups in total. The number of hydrogen-bond donors (Lipinski definition) is 0. The van der Waals surface area contributed by atoms with Crippen LogP contribution in [0.3, 0.4) is 0 Å². The number of hydrogen-bond acceptors (Lipinski definition) is 0. The Bertz CT molecular complexity index is 170. The Hall–Kier alpha value is -0.780. The van der Waals surface area contributed by atoms with Crippen molar-refractivity contribution in [3.05, 3.63) is 36.4 Å². The molecule has 0 bridgehead atoms. The molecule has 0 nitrogen and oxygen atoms in total. The molecular weight excluding hydrogens is 144 g/mol. The molecule has 2 aliphatic rings. The minimum atomic E-state index is 1.21. The maximum Gasteiger partial charge on any atom is -0.0386 e. The van der Waals surface area contributed by atoms with Gasteiger partial charge in [-0.25, -0.2) is 0 Å². The molecule has 64 valence electrons. The lowest BCUT2D eigenvalue weighted by atomic mass is 10.3. The molecule has 1 aromatic carbocycles. The van der Waals surface area contributed by atoms with Gasteiger partial charge in [0, 0.05) is 0 Å². The molecular formula is C12H16. The van der Waals surface area contributed by atoms with Crippen LogP contribution in [0.4, 0.5) is 0 Å². The highest BCUT2D eigenvalue weighted by molar-refractivity contribution is 4.99. The Morgan fingerprint density at radius 2 is 0.750 bits per heavy atom. The summed E-state index contributed by atoms with van der Waals surface area (Å²) in [5.41, 5.74) is 0. The Labute approximate surface area is 74.6 Å². The van der Waals surface area contributed by atoms with E-state index in [1.54, 1.807) is 25.7 Å². The van der Waals surface area contributed by atoms with E-state index < -0.39 is 0 Å². The molecule has 1 aromatic rings. The van der Waals surface area contributed by atoms with Crippen molar-refractivity contribution in [1.82, 2.24) is 0 Å². The summed E-state index contributed by atoms with van der Waals surface area (Å²) in [7, 11) is 0. The highest BCUT2D eigenvalue weighted by Crippen LogP contribution is 2.49. The zero-order valence-electron chi connectivity index (χ0n) is 7.45. The van der Waals surface area contributed by atoms with Crippen LogP contribution in [-0.4, -0.2) is 0 Å². The molecule has 0 radical (unpaired) electrons. The molecule has 0 spiro atoms. The number of benzene rings is 1. The van der Waals surface area contributed by atoms with Gasteiger partial charge in [0.15, 0.2) is 0 Å². The van der Waals surface area contributed by atoms with Crippen molar-refractivity contribution in [3.8, 4) is 0 Å². The van der Waals surface area contributed by atoms with Gasteiger partial charge in [0.1, 0.15) is 0 Å². The zero-order valence-corrected chi connectivity index (χ0v) is 7.45. The second kappa shape index (κ2) is 3.75. The molecule has 0 saturated heterocycles. The Morgan fingerprint density at radius 1 is 0.500 bits per heavy atom. The lowest BCUT2D eigenvalue weighted by Gasteiger charge is -1.77. The molecule has 3 rings (SSSR count). The van der Waals surface area contributed by atoms with Gasteiger partial charge < -0.3 is 0 Å². The lowest BCUT2D eigenvalue weighted by molar-refractivity contribution is 0.716. The molecule has 0 aromatic heterocycles. The summed E-state index contributed by atoms with van der Waals surface area (Å²) in [6.45, 7) is 0. The van der Waals surface area contributed by atoms with E-state index in [1.807, 2.05) is 36.4 Å². The fourth-order valence-electron chi connectivity index (χ4n) is 1.52. The van der Waals surface area contributed by atoms with Crippen LogP contribution in [0.2, 0.25) is 0 Å². The van der Waals surface area contributed by atoms with Gasteiger partial charge in [-0.1, -0.05) is 36.4 Å². The van der Waals surface area contributed by atoms with E-state index in [-0.39, 0.29) is 0 Å². The van der Waals surface area contributed by atoms with Crippen molar-refractivity contribution in [2.75, 3.05) is 0 Å².